The van der Waals surface area contributed by atoms with Crippen molar-refractivity contribution in [2.75, 3.05) is 19.8 Å². The Morgan fingerprint density at radius 2 is 1.19 bits per heavy atom. The van der Waals surface area contributed by atoms with E-state index >= 15 is 0 Å². The minimum absolute atomic E-state index is 0. The van der Waals surface area contributed by atoms with Gasteiger partial charge in [-0.2, -0.15) is 0 Å². The molecule has 4 N–H and O–H groups in total. The molecule has 1 heterocycles. The third kappa shape index (κ3) is 19.6. The molecule has 1 aromatic carbocycles. The van der Waals surface area contributed by atoms with Gasteiger partial charge >= 0.3 is 0 Å². The zero-order valence-corrected chi connectivity index (χ0v) is 18.6. The number of benzene rings is 1. The van der Waals surface area contributed by atoms with Crippen LogP contribution in [0.25, 0.3) is 10.9 Å². The first-order valence-electron chi connectivity index (χ1n) is 9.47. The quantitative estimate of drug-likeness (QED) is 0.529. The summed E-state index contributed by atoms with van der Waals surface area (Å²) in [6, 6.07) is 9.13. The van der Waals surface area contributed by atoms with Gasteiger partial charge in [-0.05, 0) is 31.4 Å². The normalized spacial score (nSPS) is 8.81. The summed E-state index contributed by atoms with van der Waals surface area (Å²) >= 11 is 0. The van der Waals surface area contributed by atoms with Gasteiger partial charge in [0.2, 0.25) is 0 Å². The molecule has 0 bridgehead atoms. The maximum atomic E-state index is 9.31. The van der Waals surface area contributed by atoms with Crippen LogP contribution in [-0.2, 0) is 21.7 Å². The van der Waals surface area contributed by atoms with E-state index in [9.17, 15) is 5.11 Å². The first-order valence-corrected chi connectivity index (χ1v) is 9.47. The number of aromatic nitrogens is 1. The van der Waals surface area contributed by atoms with E-state index < -0.39 is 0 Å². The number of rotatable bonds is 6. The van der Waals surface area contributed by atoms with Gasteiger partial charge in [-0.25, -0.2) is 0 Å². The summed E-state index contributed by atoms with van der Waals surface area (Å²) in [7, 11) is 0. The van der Waals surface area contributed by atoms with E-state index in [0.29, 0.717) is 25.3 Å². The Morgan fingerprint density at radius 3 is 1.52 bits per heavy atom. The molecular formula is C21H37NO4Ti. The zero-order valence-electron chi connectivity index (χ0n) is 17.1. The van der Waals surface area contributed by atoms with Crippen molar-refractivity contribution < 1.29 is 42.1 Å². The first kappa shape index (κ1) is 30.7. The average Bonchev–Trinajstić information content (AvgIpc) is 2.66. The predicted octanol–water partition coefficient (Wildman–Crippen LogP) is 4.27. The minimum atomic E-state index is 0. The van der Waals surface area contributed by atoms with Crippen LogP contribution < -0.4 is 0 Å². The maximum absolute atomic E-state index is 9.31. The standard InChI is InChI=1S/C9H7NO.3C4H10O.Ti/c11-8-5-1-3-7-4-2-6-10-9(7)8;3*1-2-3-4-5;/h1-6,11H;3*5H,2-4H2,1H3;. The zero-order chi connectivity index (χ0) is 20.0. The monoisotopic (exact) mass is 415 g/mol. The number of unbranched alkanes of at least 4 members (excludes halogenated alkanes) is 3. The summed E-state index contributed by atoms with van der Waals surface area (Å²) in [6.07, 6.45) is 7.78. The molecule has 0 spiro atoms. The molecule has 6 heteroatoms. The third-order valence-electron chi connectivity index (χ3n) is 3.15. The van der Waals surface area contributed by atoms with Gasteiger partial charge in [-0.15, -0.1) is 0 Å². The van der Waals surface area contributed by atoms with E-state index in [-0.39, 0.29) is 27.5 Å². The fraction of sp³-hybridized carbons (Fsp3) is 0.571. The van der Waals surface area contributed by atoms with Crippen LogP contribution in [0.4, 0.5) is 0 Å². The van der Waals surface area contributed by atoms with Crippen LogP contribution in [0.5, 0.6) is 5.75 Å². The molecule has 0 radical (unpaired) electrons. The van der Waals surface area contributed by atoms with Crippen LogP contribution in [0.1, 0.15) is 59.3 Å². The van der Waals surface area contributed by atoms with E-state index in [1.165, 1.54) is 0 Å². The number of hydrogen-bond acceptors (Lipinski definition) is 5. The molecule has 0 amide bonds. The third-order valence-corrected chi connectivity index (χ3v) is 3.15. The van der Waals surface area contributed by atoms with Crippen molar-refractivity contribution in [2.24, 2.45) is 0 Å². The number of para-hydroxylation sites is 1. The first-order chi connectivity index (χ1) is 12.6. The van der Waals surface area contributed by atoms with Gasteiger partial charge < -0.3 is 20.4 Å². The van der Waals surface area contributed by atoms with Gasteiger partial charge in [0.25, 0.3) is 0 Å². The van der Waals surface area contributed by atoms with E-state index in [1.807, 2.05) is 18.2 Å². The van der Waals surface area contributed by atoms with Crippen LogP contribution in [0.2, 0.25) is 0 Å². The number of aliphatic hydroxyl groups excluding tert-OH is 3. The number of phenolic OH excluding ortho intramolecular Hbond substituents is 1. The summed E-state index contributed by atoms with van der Waals surface area (Å²) in [6.45, 7) is 7.19. The Labute approximate surface area is 179 Å². The minimum Gasteiger partial charge on any atom is -0.506 e. The van der Waals surface area contributed by atoms with Crippen LogP contribution in [0, 0.1) is 0 Å². The van der Waals surface area contributed by atoms with Gasteiger partial charge in [0.1, 0.15) is 11.3 Å². The molecule has 2 aromatic rings. The van der Waals surface area contributed by atoms with Crippen LogP contribution in [0.15, 0.2) is 36.5 Å². The summed E-state index contributed by atoms with van der Waals surface area (Å²) < 4.78 is 0. The SMILES string of the molecule is CCCCO.CCCCO.CCCCO.Oc1cccc2cccnc12.[Ti]. The van der Waals surface area contributed by atoms with Crippen molar-refractivity contribution in [2.45, 2.75) is 59.3 Å². The number of pyridine rings is 1. The second kappa shape index (κ2) is 25.0. The van der Waals surface area contributed by atoms with Crippen molar-refractivity contribution >= 4 is 10.9 Å². The molecule has 0 saturated carbocycles. The molecule has 0 atom stereocenters. The van der Waals surface area contributed by atoms with Gasteiger partial charge in [0.15, 0.2) is 0 Å². The summed E-state index contributed by atoms with van der Waals surface area (Å²) in [5, 5.41) is 34.5. The number of fused-ring (bicyclic) bond motifs is 1. The Kier molecular flexibility index (Phi) is 28.5. The largest absolute Gasteiger partial charge is 0.506 e. The van der Waals surface area contributed by atoms with Crippen LogP contribution in [0.3, 0.4) is 0 Å². The summed E-state index contributed by atoms with van der Waals surface area (Å²) in [5.41, 5.74) is 0.662. The van der Waals surface area contributed by atoms with Gasteiger partial charge in [-0.1, -0.05) is 58.2 Å². The van der Waals surface area contributed by atoms with Crippen molar-refractivity contribution in [3.63, 3.8) is 0 Å². The van der Waals surface area contributed by atoms with E-state index in [1.54, 1.807) is 18.3 Å². The number of phenols is 1. The van der Waals surface area contributed by atoms with Gasteiger partial charge in [-0.3, -0.25) is 4.98 Å². The average molecular weight is 415 g/mol. The molecule has 1 aromatic heterocycles. The summed E-state index contributed by atoms with van der Waals surface area (Å²) in [4.78, 5) is 4.03. The number of aliphatic hydroxyl groups is 3. The Balaban J connectivity index is -0.000000311. The molecule has 0 aliphatic heterocycles. The molecule has 0 fully saturated rings. The second-order valence-electron chi connectivity index (χ2n) is 5.58. The topological polar surface area (TPSA) is 93.8 Å². The maximum Gasteiger partial charge on any atom is 0.141 e. The molecule has 0 unspecified atom stereocenters. The Hall–Kier alpha value is -0.976. The molecule has 27 heavy (non-hydrogen) atoms. The number of aromatic hydroxyl groups is 1. The van der Waals surface area contributed by atoms with Gasteiger partial charge in [0.05, 0.1) is 0 Å². The van der Waals surface area contributed by atoms with Crippen molar-refractivity contribution in [1.82, 2.24) is 4.98 Å². The van der Waals surface area contributed by atoms with Gasteiger partial charge in [0, 0.05) is 53.1 Å². The van der Waals surface area contributed by atoms with Crippen molar-refractivity contribution in [3.05, 3.63) is 36.5 Å². The molecule has 5 nitrogen and oxygen atoms in total. The molecular weight excluding hydrogens is 378 g/mol. The van der Waals surface area contributed by atoms with Crippen LogP contribution in [-0.4, -0.2) is 45.2 Å². The fourth-order valence-corrected chi connectivity index (χ4v) is 1.56. The predicted molar refractivity (Wildman–Crippen MR) is 109 cm³/mol. The molecule has 0 aliphatic carbocycles. The summed E-state index contributed by atoms with van der Waals surface area (Å²) in [5.74, 6) is 0.239. The fourth-order valence-electron chi connectivity index (χ4n) is 1.56. The molecule has 154 valence electrons. The van der Waals surface area contributed by atoms with Crippen molar-refractivity contribution in [3.8, 4) is 5.75 Å². The molecule has 0 saturated heterocycles. The van der Waals surface area contributed by atoms with E-state index in [4.69, 9.17) is 15.3 Å². The van der Waals surface area contributed by atoms with E-state index in [2.05, 4.69) is 25.8 Å². The van der Waals surface area contributed by atoms with Crippen LogP contribution >= 0.6 is 0 Å². The number of nitrogens with zero attached hydrogens (tertiary/aromatic N) is 1. The second-order valence-corrected chi connectivity index (χ2v) is 5.58. The van der Waals surface area contributed by atoms with E-state index in [0.717, 1.165) is 43.9 Å². The number of hydrogen-bond donors (Lipinski definition) is 4. The smallest absolute Gasteiger partial charge is 0.141 e. The molecule has 2 rings (SSSR count). The van der Waals surface area contributed by atoms with Crippen molar-refractivity contribution in [1.29, 1.82) is 0 Å². The molecule has 0 aliphatic rings. The Bertz CT molecular complexity index is 501. The Morgan fingerprint density at radius 1 is 0.741 bits per heavy atom.